The van der Waals surface area contributed by atoms with Gasteiger partial charge in [0.2, 0.25) is 0 Å². The number of imide groups is 1. The van der Waals surface area contributed by atoms with Crippen molar-refractivity contribution >= 4 is 39.9 Å². The standard InChI is InChI=1S/C25H26N2O2S/c1-3-5-14-27-24(28)22(30-25(27)29)15-20-17-26(16-18-10-7-6-8-11-18)23-19(4-2)12-9-13-21(20)23/h6-13,15,17H,3-5,14,16H2,1-2H3/b22-15-. The molecule has 1 saturated heterocycles. The van der Waals surface area contributed by atoms with E-state index in [2.05, 4.69) is 67.1 Å². The number of benzene rings is 2. The van der Waals surface area contributed by atoms with Gasteiger partial charge in [0.25, 0.3) is 11.1 Å². The summed E-state index contributed by atoms with van der Waals surface area (Å²) in [6.07, 6.45) is 6.72. The fourth-order valence-electron chi connectivity index (χ4n) is 3.92. The molecule has 1 aliphatic heterocycles. The maximum absolute atomic E-state index is 12.8. The zero-order valence-electron chi connectivity index (χ0n) is 17.4. The summed E-state index contributed by atoms with van der Waals surface area (Å²) in [4.78, 5) is 27.0. The molecule has 0 atom stereocenters. The second kappa shape index (κ2) is 8.92. The number of nitrogens with zero attached hydrogens (tertiary/aromatic N) is 2. The lowest BCUT2D eigenvalue weighted by Crippen LogP contribution is -2.29. The third-order valence-electron chi connectivity index (χ3n) is 5.48. The van der Waals surface area contributed by atoms with E-state index in [1.807, 2.05) is 12.1 Å². The predicted molar refractivity (Wildman–Crippen MR) is 124 cm³/mol. The van der Waals surface area contributed by atoms with Crippen molar-refractivity contribution < 1.29 is 9.59 Å². The van der Waals surface area contributed by atoms with Crippen LogP contribution in [0.25, 0.3) is 17.0 Å². The van der Waals surface area contributed by atoms with Crippen molar-refractivity contribution in [2.45, 2.75) is 39.7 Å². The average molecular weight is 419 g/mol. The van der Waals surface area contributed by atoms with Crippen LogP contribution in [0, 0.1) is 0 Å². The van der Waals surface area contributed by atoms with Crippen LogP contribution in [0.3, 0.4) is 0 Å². The molecule has 0 N–H and O–H groups in total. The van der Waals surface area contributed by atoms with E-state index in [-0.39, 0.29) is 11.1 Å². The van der Waals surface area contributed by atoms with Gasteiger partial charge in [-0.05, 0) is 41.8 Å². The molecule has 2 heterocycles. The van der Waals surface area contributed by atoms with Gasteiger partial charge in [-0.15, -0.1) is 0 Å². The Morgan fingerprint density at radius 2 is 1.80 bits per heavy atom. The molecular formula is C25H26N2O2S. The molecule has 154 valence electrons. The first-order valence-corrected chi connectivity index (χ1v) is 11.3. The zero-order valence-corrected chi connectivity index (χ0v) is 18.2. The molecule has 1 aliphatic rings. The third kappa shape index (κ3) is 3.94. The molecule has 0 saturated carbocycles. The highest BCUT2D eigenvalue weighted by molar-refractivity contribution is 8.18. The molecule has 5 heteroatoms. The first kappa shape index (κ1) is 20.5. The summed E-state index contributed by atoms with van der Waals surface area (Å²) in [5.41, 5.74) is 4.68. The van der Waals surface area contributed by atoms with Crippen molar-refractivity contribution in [1.82, 2.24) is 9.47 Å². The van der Waals surface area contributed by atoms with Gasteiger partial charge in [-0.25, -0.2) is 0 Å². The minimum atomic E-state index is -0.172. The average Bonchev–Trinajstić information content (AvgIpc) is 3.24. The van der Waals surface area contributed by atoms with Crippen LogP contribution in [-0.2, 0) is 17.8 Å². The van der Waals surface area contributed by atoms with Crippen LogP contribution >= 0.6 is 11.8 Å². The smallest absolute Gasteiger partial charge is 0.293 e. The summed E-state index contributed by atoms with van der Waals surface area (Å²) in [5.74, 6) is -0.172. The van der Waals surface area contributed by atoms with Gasteiger partial charge < -0.3 is 4.57 Å². The van der Waals surface area contributed by atoms with E-state index in [1.54, 1.807) is 0 Å². The Hall–Kier alpha value is -2.79. The fraction of sp³-hybridized carbons (Fsp3) is 0.280. The summed E-state index contributed by atoms with van der Waals surface area (Å²) in [7, 11) is 0. The molecule has 3 aromatic rings. The van der Waals surface area contributed by atoms with E-state index in [0.29, 0.717) is 11.4 Å². The summed E-state index contributed by atoms with van der Waals surface area (Å²) < 4.78 is 2.26. The summed E-state index contributed by atoms with van der Waals surface area (Å²) in [6.45, 7) is 5.48. The molecule has 2 aromatic carbocycles. The van der Waals surface area contributed by atoms with Gasteiger partial charge >= 0.3 is 0 Å². The predicted octanol–water partition coefficient (Wildman–Crippen LogP) is 6.09. The van der Waals surface area contributed by atoms with E-state index in [0.717, 1.165) is 48.5 Å². The van der Waals surface area contributed by atoms with Crippen molar-refractivity contribution in [3.05, 3.63) is 76.3 Å². The number of aromatic nitrogens is 1. The highest BCUT2D eigenvalue weighted by Crippen LogP contribution is 2.35. The number of carbonyl (C=O) groups excluding carboxylic acids is 2. The lowest BCUT2D eigenvalue weighted by molar-refractivity contribution is -0.122. The normalized spacial score (nSPS) is 15.7. The number of rotatable bonds is 7. The lowest BCUT2D eigenvalue weighted by Gasteiger charge is -2.10. The van der Waals surface area contributed by atoms with E-state index in [9.17, 15) is 9.59 Å². The van der Waals surface area contributed by atoms with Gasteiger partial charge in [-0.3, -0.25) is 14.5 Å². The summed E-state index contributed by atoms with van der Waals surface area (Å²) >= 11 is 1.05. The molecule has 1 aromatic heterocycles. The summed E-state index contributed by atoms with van der Waals surface area (Å²) in [6, 6.07) is 16.7. The number of fused-ring (bicyclic) bond motifs is 1. The first-order valence-electron chi connectivity index (χ1n) is 10.5. The largest absolute Gasteiger partial charge is 0.342 e. The highest BCUT2D eigenvalue weighted by atomic mass is 32.2. The molecule has 0 aliphatic carbocycles. The van der Waals surface area contributed by atoms with E-state index in [1.165, 1.54) is 21.5 Å². The van der Waals surface area contributed by atoms with Gasteiger partial charge in [0.05, 0.1) is 10.4 Å². The summed E-state index contributed by atoms with van der Waals surface area (Å²) in [5, 5.41) is 0.951. The Bertz CT molecular complexity index is 1110. The second-order valence-corrected chi connectivity index (χ2v) is 8.54. The number of para-hydroxylation sites is 1. The minimum absolute atomic E-state index is 0.165. The Balaban J connectivity index is 1.76. The van der Waals surface area contributed by atoms with Crippen molar-refractivity contribution in [2.24, 2.45) is 0 Å². The van der Waals surface area contributed by atoms with E-state index < -0.39 is 0 Å². The SMILES string of the molecule is CCCCN1C(=O)S/C(=C\c2cn(Cc3ccccc3)c3c(CC)cccc23)C1=O. The lowest BCUT2D eigenvalue weighted by atomic mass is 10.1. The van der Waals surface area contributed by atoms with Crippen LogP contribution in [0.1, 0.15) is 43.4 Å². The maximum atomic E-state index is 12.8. The molecule has 0 unspecified atom stereocenters. The molecular weight excluding hydrogens is 392 g/mol. The third-order valence-corrected chi connectivity index (χ3v) is 6.39. The van der Waals surface area contributed by atoms with Crippen LogP contribution in [0.4, 0.5) is 4.79 Å². The Morgan fingerprint density at radius 3 is 2.53 bits per heavy atom. The van der Waals surface area contributed by atoms with Gasteiger partial charge in [-0.2, -0.15) is 0 Å². The van der Waals surface area contributed by atoms with Crippen molar-refractivity contribution in [2.75, 3.05) is 6.54 Å². The Labute approximate surface area is 181 Å². The van der Waals surface area contributed by atoms with Crippen LogP contribution in [0.5, 0.6) is 0 Å². The zero-order chi connectivity index (χ0) is 21.1. The number of carbonyl (C=O) groups is 2. The molecule has 0 spiro atoms. The van der Waals surface area contributed by atoms with Gasteiger partial charge in [-0.1, -0.05) is 68.8 Å². The van der Waals surface area contributed by atoms with E-state index in [4.69, 9.17) is 0 Å². The molecule has 0 radical (unpaired) electrons. The Kier molecular flexibility index (Phi) is 6.09. The van der Waals surface area contributed by atoms with Crippen molar-refractivity contribution in [3.8, 4) is 0 Å². The number of amides is 2. The second-order valence-electron chi connectivity index (χ2n) is 7.55. The van der Waals surface area contributed by atoms with Crippen LogP contribution in [0.15, 0.2) is 59.6 Å². The van der Waals surface area contributed by atoms with Crippen molar-refractivity contribution in [1.29, 1.82) is 0 Å². The molecule has 2 amide bonds. The molecule has 30 heavy (non-hydrogen) atoms. The van der Waals surface area contributed by atoms with Crippen LogP contribution in [-0.4, -0.2) is 27.2 Å². The molecule has 4 rings (SSSR count). The molecule has 4 nitrogen and oxygen atoms in total. The molecule has 0 bridgehead atoms. The molecule has 1 fully saturated rings. The minimum Gasteiger partial charge on any atom is -0.342 e. The van der Waals surface area contributed by atoms with Crippen molar-refractivity contribution in [3.63, 3.8) is 0 Å². The highest BCUT2D eigenvalue weighted by Gasteiger charge is 2.34. The number of hydrogen-bond acceptors (Lipinski definition) is 3. The van der Waals surface area contributed by atoms with Gasteiger partial charge in [0.1, 0.15) is 0 Å². The van der Waals surface area contributed by atoms with Gasteiger partial charge in [0, 0.05) is 30.2 Å². The fourth-order valence-corrected chi connectivity index (χ4v) is 4.78. The number of thioether (sulfide) groups is 1. The van der Waals surface area contributed by atoms with Crippen LogP contribution in [0.2, 0.25) is 0 Å². The number of aryl methyl sites for hydroxylation is 1. The monoisotopic (exact) mass is 418 g/mol. The Morgan fingerprint density at radius 1 is 1.00 bits per heavy atom. The van der Waals surface area contributed by atoms with E-state index >= 15 is 0 Å². The first-order chi connectivity index (χ1) is 14.6. The quantitative estimate of drug-likeness (QED) is 0.436. The number of unbranched alkanes of at least 4 members (excludes halogenated alkanes) is 1. The topological polar surface area (TPSA) is 42.3 Å². The van der Waals surface area contributed by atoms with Gasteiger partial charge in [0.15, 0.2) is 0 Å². The number of hydrogen-bond donors (Lipinski definition) is 0. The maximum Gasteiger partial charge on any atom is 0.293 e. The van der Waals surface area contributed by atoms with Crippen LogP contribution < -0.4 is 0 Å².